The summed E-state index contributed by atoms with van der Waals surface area (Å²) >= 11 is 0. The quantitative estimate of drug-likeness (QED) is 0.120. The molecule has 2 rings (SSSR count). The summed E-state index contributed by atoms with van der Waals surface area (Å²) in [4.78, 5) is 27.5. The van der Waals surface area contributed by atoms with Crippen LogP contribution < -0.4 is 0 Å². The van der Waals surface area contributed by atoms with E-state index in [-0.39, 0.29) is 18.9 Å². The van der Waals surface area contributed by atoms with Crippen LogP contribution in [0, 0.1) is 5.92 Å². The predicted octanol–water partition coefficient (Wildman–Crippen LogP) is 6.21. The number of ether oxygens (including phenoxy) is 1. The number of esters is 1. The van der Waals surface area contributed by atoms with Gasteiger partial charge in [-0.2, -0.15) is 0 Å². The van der Waals surface area contributed by atoms with Gasteiger partial charge in [-0.15, -0.1) is 0 Å². The Bertz CT molecular complexity index is 926. The minimum Gasteiger partial charge on any atom is -0.481 e. The average molecular weight is 448 g/mol. The third-order valence-corrected chi connectivity index (χ3v) is 5.07. The van der Waals surface area contributed by atoms with Crippen LogP contribution >= 0.6 is 0 Å². The lowest BCUT2D eigenvalue weighted by Crippen LogP contribution is -2.04. The molecule has 0 spiro atoms. The number of hydrogen-bond acceptors (Lipinski definition) is 4. The molecule has 1 N–H and O–H groups in total. The number of carbonyl (C=O) groups is 2. The molecular formula is C28H33NO4. The normalized spacial score (nSPS) is 18.7. The van der Waals surface area contributed by atoms with Crippen LogP contribution in [-0.2, 0) is 14.3 Å². The van der Waals surface area contributed by atoms with Crippen molar-refractivity contribution < 1.29 is 19.4 Å². The first-order valence-corrected chi connectivity index (χ1v) is 11.4. The maximum Gasteiger partial charge on any atom is 0.331 e. The SMILES string of the molecule is C=C/C(N=CC1C=CC=CC1)=C(/C=C/CCCCC(=O)O)\C=C\C(=O)OCC1=CCCC=C1. The predicted molar refractivity (Wildman–Crippen MR) is 134 cm³/mol. The van der Waals surface area contributed by atoms with Gasteiger partial charge in [0.1, 0.15) is 6.61 Å². The summed E-state index contributed by atoms with van der Waals surface area (Å²) in [7, 11) is 0. The topological polar surface area (TPSA) is 76.0 Å². The second kappa shape index (κ2) is 15.4. The number of unbranched alkanes of at least 4 members (excludes halogenated alkanes) is 2. The fraction of sp³-hybridized carbons (Fsp3) is 0.321. The maximum absolute atomic E-state index is 12.2. The van der Waals surface area contributed by atoms with E-state index in [1.165, 1.54) is 6.08 Å². The van der Waals surface area contributed by atoms with Crippen molar-refractivity contribution in [1.82, 2.24) is 0 Å². The van der Waals surface area contributed by atoms with E-state index in [0.717, 1.165) is 43.3 Å². The monoisotopic (exact) mass is 447 g/mol. The van der Waals surface area contributed by atoms with Gasteiger partial charge in [-0.1, -0.05) is 61.3 Å². The molecule has 174 valence electrons. The van der Waals surface area contributed by atoms with E-state index in [9.17, 15) is 9.59 Å². The second-order valence-electron chi connectivity index (χ2n) is 7.78. The lowest BCUT2D eigenvalue weighted by Gasteiger charge is -2.08. The number of carboxylic acids is 1. The first-order valence-electron chi connectivity index (χ1n) is 11.4. The molecule has 5 nitrogen and oxygen atoms in total. The first kappa shape index (κ1) is 25.8. The largest absolute Gasteiger partial charge is 0.481 e. The van der Waals surface area contributed by atoms with Gasteiger partial charge in [0.05, 0.1) is 5.70 Å². The van der Waals surface area contributed by atoms with Crippen LogP contribution in [0.5, 0.6) is 0 Å². The summed E-state index contributed by atoms with van der Waals surface area (Å²) in [6.45, 7) is 4.14. The molecule has 0 aromatic carbocycles. The molecule has 1 atom stereocenters. The van der Waals surface area contributed by atoms with Crippen molar-refractivity contribution in [2.75, 3.05) is 6.61 Å². The van der Waals surface area contributed by atoms with Gasteiger partial charge in [0.2, 0.25) is 0 Å². The molecule has 2 aliphatic carbocycles. The molecule has 0 saturated heterocycles. The Morgan fingerprint density at radius 2 is 2.03 bits per heavy atom. The Labute approximate surface area is 196 Å². The fourth-order valence-electron chi connectivity index (χ4n) is 3.24. The summed E-state index contributed by atoms with van der Waals surface area (Å²) in [6, 6.07) is 0. The van der Waals surface area contributed by atoms with Gasteiger partial charge < -0.3 is 9.84 Å². The van der Waals surface area contributed by atoms with Gasteiger partial charge in [0.25, 0.3) is 0 Å². The van der Waals surface area contributed by atoms with Gasteiger partial charge in [0.15, 0.2) is 0 Å². The number of nitrogens with zero attached hydrogens (tertiary/aromatic N) is 1. The van der Waals surface area contributed by atoms with Gasteiger partial charge in [-0.3, -0.25) is 9.79 Å². The van der Waals surface area contributed by atoms with E-state index < -0.39 is 11.9 Å². The smallest absolute Gasteiger partial charge is 0.331 e. The zero-order valence-electron chi connectivity index (χ0n) is 19.1. The van der Waals surface area contributed by atoms with Crippen LogP contribution in [0.25, 0.3) is 0 Å². The van der Waals surface area contributed by atoms with Gasteiger partial charge >= 0.3 is 11.9 Å². The van der Waals surface area contributed by atoms with Gasteiger partial charge in [-0.25, -0.2) is 4.79 Å². The summed E-state index contributed by atoms with van der Waals surface area (Å²) in [5, 5.41) is 8.76. The number of carboxylic acid groups (broad SMARTS) is 1. The summed E-state index contributed by atoms with van der Waals surface area (Å²) in [5.74, 6) is -0.984. The van der Waals surface area contributed by atoms with Crippen molar-refractivity contribution in [1.29, 1.82) is 0 Å². The molecule has 0 heterocycles. The molecule has 0 aliphatic heterocycles. The Kier molecular flexibility index (Phi) is 12.0. The second-order valence-corrected chi connectivity index (χ2v) is 7.78. The molecular weight excluding hydrogens is 414 g/mol. The molecule has 33 heavy (non-hydrogen) atoms. The van der Waals surface area contributed by atoms with Crippen LogP contribution in [0.4, 0.5) is 0 Å². The Hall–Kier alpha value is -3.47. The summed E-state index contributed by atoms with van der Waals surface area (Å²) < 4.78 is 5.35. The van der Waals surface area contributed by atoms with Crippen molar-refractivity contribution in [3.05, 3.63) is 96.3 Å². The molecule has 0 saturated carbocycles. The van der Waals surface area contributed by atoms with Crippen molar-refractivity contribution in [3.8, 4) is 0 Å². The zero-order valence-corrected chi connectivity index (χ0v) is 19.1. The number of rotatable bonds is 13. The van der Waals surface area contributed by atoms with E-state index in [2.05, 4.69) is 35.9 Å². The van der Waals surface area contributed by atoms with Crippen LogP contribution in [0.1, 0.15) is 44.9 Å². The molecule has 1 unspecified atom stereocenters. The zero-order chi connectivity index (χ0) is 23.7. The Morgan fingerprint density at radius 1 is 1.15 bits per heavy atom. The molecule has 5 heteroatoms. The molecule has 0 radical (unpaired) electrons. The number of aliphatic carboxylic acids is 1. The summed E-state index contributed by atoms with van der Waals surface area (Å²) in [6.07, 6.45) is 30.0. The summed E-state index contributed by atoms with van der Waals surface area (Å²) in [5.41, 5.74) is 2.40. The molecule has 0 amide bonds. The van der Waals surface area contributed by atoms with Crippen LogP contribution in [0.15, 0.2) is 101 Å². The standard InChI is InChI=1S/C28H33NO4/c1-2-26(29-21-23-13-7-5-8-14-23)25(17-11-3-4-12-18-27(30)31)19-20-28(32)33-22-24-15-9-6-10-16-24/h2,5,7-9,11,13,15-17,19-21,23H,1,3-4,6,10,12,14,18,22H2,(H,30,31)/b17-11+,20-19+,26-25+,29-21?. The minimum atomic E-state index is -0.782. The number of aliphatic imine (C=N–C) groups is 1. The van der Waals surface area contributed by atoms with Crippen molar-refractivity contribution in [2.24, 2.45) is 10.9 Å². The minimum absolute atomic E-state index is 0.166. The molecule has 0 aromatic rings. The van der Waals surface area contributed by atoms with Crippen molar-refractivity contribution >= 4 is 18.2 Å². The van der Waals surface area contributed by atoms with E-state index in [4.69, 9.17) is 9.84 Å². The number of allylic oxidation sites excluding steroid dienone is 11. The third kappa shape index (κ3) is 11.1. The van der Waals surface area contributed by atoms with E-state index >= 15 is 0 Å². The molecule has 0 fully saturated rings. The van der Waals surface area contributed by atoms with Crippen LogP contribution in [-0.4, -0.2) is 29.9 Å². The highest BCUT2D eigenvalue weighted by Crippen LogP contribution is 2.16. The van der Waals surface area contributed by atoms with Crippen molar-refractivity contribution in [3.63, 3.8) is 0 Å². The maximum atomic E-state index is 12.2. The van der Waals surface area contributed by atoms with E-state index in [1.807, 2.05) is 36.6 Å². The number of carbonyl (C=O) groups excluding carboxylic acids is 1. The fourth-order valence-corrected chi connectivity index (χ4v) is 3.24. The third-order valence-electron chi connectivity index (χ3n) is 5.07. The highest BCUT2D eigenvalue weighted by Gasteiger charge is 2.05. The highest BCUT2D eigenvalue weighted by molar-refractivity contribution is 5.83. The Balaban J connectivity index is 2.06. The lowest BCUT2D eigenvalue weighted by molar-refractivity contribution is -0.137. The Morgan fingerprint density at radius 3 is 2.73 bits per heavy atom. The number of hydrogen-bond donors (Lipinski definition) is 1. The first-order chi connectivity index (χ1) is 16.1. The van der Waals surface area contributed by atoms with Crippen LogP contribution in [0.3, 0.4) is 0 Å². The molecule has 2 aliphatic rings. The van der Waals surface area contributed by atoms with E-state index in [0.29, 0.717) is 12.1 Å². The van der Waals surface area contributed by atoms with Gasteiger partial charge in [0, 0.05) is 30.2 Å². The molecule has 0 bridgehead atoms. The van der Waals surface area contributed by atoms with E-state index in [1.54, 1.807) is 12.2 Å². The van der Waals surface area contributed by atoms with Crippen molar-refractivity contribution in [2.45, 2.75) is 44.9 Å². The average Bonchev–Trinajstić information content (AvgIpc) is 2.84. The lowest BCUT2D eigenvalue weighted by atomic mass is 10.0. The molecule has 0 aromatic heterocycles. The van der Waals surface area contributed by atoms with Crippen LogP contribution in [0.2, 0.25) is 0 Å². The highest BCUT2D eigenvalue weighted by atomic mass is 16.5. The van der Waals surface area contributed by atoms with Gasteiger partial charge in [-0.05, 0) is 56.3 Å².